The van der Waals surface area contributed by atoms with Gasteiger partial charge in [0.15, 0.2) is 0 Å². The Kier molecular flexibility index (Phi) is 5.84. The molecule has 2 rings (SSSR count). The van der Waals surface area contributed by atoms with E-state index in [-0.39, 0.29) is 5.91 Å². The van der Waals surface area contributed by atoms with Crippen LogP contribution in [0.25, 0.3) is 0 Å². The van der Waals surface area contributed by atoms with E-state index in [9.17, 15) is 4.79 Å². The van der Waals surface area contributed by atoms with Crippen LogP contribution < -0.4 is 15.5 Å². The molecule has 5 heteroatoms. The van der Waals surface area contributed by atoms with Crippen LogP contribution in [-0.4, -0.2) is 37.1 Å². The summed E-state index contributed by atoms with van der Waals surface area (Å²) in [6, 6.07) is 2.18. The van der Waals surface area contributed by atoms with Gasteiger partial charge in [-0.3, -0.25) is 9.78 Å². The number of nitrogens with one attached hydrogen (secondary N) is 2. The molecule has 0 spiro atoms. The molecular weight excluding hydrogens is 264 g/mol. The highest BCUT2D eigenvalue weighted by molar-refractivity contribution is 5.72. The molecule has 0 aliphatic carbocycles. The number of nitrogens with zero attached hydrogens (tertiary/aromatic N) is 2. The third kappa shape index (κ3) is 4.92. The molecule has 1 saturated heterocycles. The number of hydrogen-bond donors (Lipinski definition) is 2. The van der Waals surface area contributed by atoms with Crippen LogP contribution in [0.15, 0.2) is 18.5 Å². The fraction of sp³-hybridized carbons (Fsp3) is 0.625. The van der Waals surface area contributed by atoms with Crippen molar-refractivity contribution in [1.29, 1.82) is 0 Å². The average Bonchev–Trinajstić information content (AvgIpc) is 2.51. The van der Waals surface area contributed by atoms with Gasteiger partial charge in [-0.25, -0.2) is 0 Å². The molecule has 1 aromatic heterocycles. The molecular formula is C16H26N4O. The summed E-state index contributed by atoms with van der Waals surface area (Å²) in [5.41, 5.74) is 2.28. The van der Waals surface area contributed by atoms with Crippen LogP contribution in [0.4, 0.5) is 11.4 Å². The third-order valence-electron chi connectivity index (χ3n) is 3.92. The quantitative estimate of drug-likeness (QED) is 0.844. The fourth-order valence-corrected chi connectivity index (χ4v) is 2.65. The molecule has 0 radical (unpaired) electrons. The van der Waals surface area contributed by atoms with Gasteiger partial charge in [-0.2, -0.15) is 0 Å². The van der Waals surface area contributed by atoms with Gasteiger partial charge in [-0.05, 0) is 31.2 Å². The molecule has 1 amide bonds. The number of amides is 1. The van der Waals surface area contributed by atoms with Gasteiger partial charge in [0.2, 0.25) is 5.91 Å². The highest BCUT2D eigenvalue weighted by atomic mass is 16.1. The first-order chi connectivity index (χ1) is 10.2. The minimum absolute atomic E-state index is 0.0660. The van der Waals surface area contributed by atoms with Crippen molar-refractivity contribution in [2.75, 3.05) is 36.4 Å². The Balaban J connectivity index is 1.85. The summed E-state index contributed by atoms with van der Waals surface area (Å²) in [5, 5.41) is 6.30. The monoisotopic (exact) mass is 290 g/mol. The second kappa shape index (κ2) is 7.86. The predicted octanol–water partition coefficient (Wildman–Crippen LogP) is 2.26. The van der Waals surface area contributed by atoms with Gasteiger partial charge in [0.1, 0.15) is 0 Å². The van der Waals surface area contributed by atoms with Crippen LogP contribution in [-0.2, 0) is 4.79 Å². The normalized spacial score (nSPS) is 15.8. The Morgan fingerprint density at radius 1 is 1.38 bits per heavy atom. The highest BCUT2D eigenvalue weighted by Gasteiger charge is 2.19. The molecule has 0 atom stereocenters. The van der Waals surface area contributed by atoms with Gasteiger partial charge in [-0.15, -0.1) is 0 Å². The van der Waals surface area contributed by atoms with Crippen LogP contribution in [0.3, 0.4) is 0 Å². The maximum atomic E-state index is 11.0. The van der Waals surface area contributed by atoms with Crippen molar-refractivity contribution in [2.45, 2.75) is 33.1 Å². The van der Waals surface area contributed by atoms with Gasteiger partial charge in [0.05, 0.1) is 23.8 Å². The van der Waals surface area contributed by atoms with Gasteiger partial charge < -0.3 is 15.5 Å². The van der Waals surface area contributed by atoms with E-state index in [0.29, 0.717) is 5.92 Å². The molecule has 1 fully saturated rings. The lowest BCUT2D eigenvalue weighted by molar-refractivity contribution is -0.119. The highest BCUT2D eigenvalue weighted by Crippen LogP contribution is 2.24. The van der Waals surface area contributed by atoms with E-state index in [0.717, 1.165) is 51.1 Å². The van der Waals surface area contributed by atoms with E-state index in [2.05, 4.69) is 33.5 Å². The Labute approximate surface area is 127 Å². The molecule has 2 N–H and O–H groups in total. The van der Waals surface area contributed by atoms with E-state index < -0.39 is 0 Å². The zero-order valence-electron chi connectivity index (χ0n) is 13.1. The van der Waals surface area contributed by atoms with Crippen LogP contribution >= 0.6 is 0 Å². The van der Waals surface area contributed by atoms with E-state index in [1.807, 2.05) is 12.4 Å². The Morgan fingerprint density at radius 2 is 2.14 bits per heavy atom. The van der Waals surface area contributed by atoms with Crippen molar-refractivity contribution in [3.05, 3.63) is 18.5 Å². The maximum absolute atomic E-state index is 11.0. The van der Waals surface area contributed by atoms with Crippen molar-refractivity contribution >= 4 is 17.3 Å². The molecule has 5 nitrogen and oxygen atoms in total. The number of rotatable bonds is 6. The van der Waals surface area contributed by atoms with Gasteiger partial charge in [-0.1, -0.05) is 6.92 Å². The summed E-state index contributed by atoms with van der Waals surface area (Å²) in [6.45, 7) is 7.58. The van der Waals surface area contributed by atoms with Crippen LogP contribution in [0.5, 0.6) is 0 Å². The zero-order valence-corrected chi connectivity index (χ0v) is 13.1. The predicted molar refractivity (Wildman–Crippen MR) is 86.6 cm³/mol. The first kappa shape index (κ1) is 15.6. The molecule has 0 unspecified atom stereocenters. The first-order valence-electron chi connectivity index (χ1n) is 7.87. The lowest BCUT2D eigenvalue weighted by Crippen LogP contribution is -2.38. The summed E-state index contributed by atoms with van der Waals surface area (Å²) >= 11 is 0. The number of pyridine rings is 1. The van der Waals surface area contributed by atoms with Crippen molar-refractivity contribution in [1.82, 2.24) is 10.3 Å². The fourth-order valence-electron chi connectivity index (χ4n) is 2.65. The minimum atomic E-state index is 0.0660. The molecule has 1 aliphatic rings. The number of anilines is 2. The summed E-state index contributed by atoms with van der Waals surface area (Å²) in [5.74, 6) is 0.663. The molecule has 116 valence electrons. The number of piperidine rings is 1. The van der Waals surface area contributed by atoms with Crippen molar-refractivity contribution in [2.24, 2.45) is 5.92 Å². The summed E-state index contributed by atoms with van der Waals surface area (Å²) in [7, 11) is 0. The molecule has 21 heavy (non-hydrogen) atoms. The summed E-state index contributed by atoms with van der Waals surface area (Å²) in [4.78, 5) is 17.7. The van der Waals surface area contributed by atoms with Crippen LogP contribution in [0.1, 0.15) is 33.1 Å². The number of carbonyl (C=O) groups excluding carboxylic acids is 1. The summed E-state index contributed by atoms with van der Waals surface area (Å²) < 4.78 is 0. The molecule has 1 aliphatic heterocycles. The average molecular weight is 290 g/mol. The Bertz CT molecular complexity index is 455. The molecule has 1 aromatic rings. The molecule has 2 heterocycles. The van der Waals surface area contributed by atoms with Crippen LogP contribution in [0.2, 0.25) is 0 Å². The number of carbonyl (C=O) groups is 1. The Morgan fingerprint density at radius 3 is 2.81 bits per heavy atom. The second-order valence-corrected chi connectivity index (χ2v) is 5.73. The van der Waals surface area contributed by atoms with Crippen molar-refractivity contribution in [3.8, 4) is 0 Å². The second-order valence-electron chi connectivity index (χ2n) is 5.73. The number of aromatic nitrogens is 1. The van der Waals surface area contributed by atoms with Gasteiger partial charge in [0.25, 0.3) is 0 Å². The molecule has 0 aromatic carbocycles. The van der Waals surface area contributed by atoms with Gasteiger partial charge >= 0.3 is 0 Å². The third-order valence-corrected chi connectivity index (χ3v) is 3.92. The van der Waals surface area contributed by atoms with E-state index >= 15 is 0 Å². The van der Waals surface area contributed by atoms with Crippen molar-refractivity contribution in [3.63, 3.8) is 0 Å². The summed E-state index contributed by atoms with van der Waals surface area (Å²) in [6.07, 6.45) is 7.16. The molecule has 0 saturated carbocycles. The SMILES string of the molecule is CCCNc1cncc(N2CCC(CNC(C)=O)CC2)c1. The topological polar surface area (TPSA) is 57.3 Å². The van der Waals surface area contributed by atoms with Gasteiger partial charge in [0, 0.05) is 33.1 Å². The lowest BCUT2D eigenvalue weighted by atomic mass is 9.96. The lowest BCUT2D eigenvalue weighted by Gasteiger charge is -2.33. The molecule has 0 bridgehead atoms. The Hall–Kier alpha value is -1.78. The number of hydrogen-bond acceptors (Lipinski definition) is 4. The van der Waals surface area contributed by atoms with E-state index in [1.165, 1.54) is 5.69 Å². The smallest absolute Gasteiger partial charge is 0.216 e. The first-order valence-corrected chi connectivity index (χ1v) is 7.87. The van der Waals surface area contributed by atoms with Crippen LogP contribution in [0, 0.1) is 5.92 Å². The van der Waals surface area contributed by atoms with Crippen molar-refractivity contribution < 1.29 is 4.79 Å². The van der Waals surface area contributed by atoms with E-state index in [1.54, 1.807) is 6.92 Å². The minimum Gasteiger partial charge on any atom is -0.384 e. The van der Waals surface area contributed by atoms with E-state index in [4.69, 9.17) is 0 Å². The zero-order chi connectivity index (χ0) is 15.1. The largest absolute Gasteiger partial charge is 0.384 e. The standard InChI is InChI=1S/C16H26N4O/c1-3-6-18-15-9-16(12-17-11-15)20-7-4-14(5-8-20)10-19-13(2)21/h9,11-12,14,18H,3-8,10H2,1-2H3,(H,19,21). The maximum Gasteiger partial charge on any atom is 0.216 e.